The van der Waals surface area contributed by atoms with Crippen LogP contribution in [-0.4, -0.2) is 16.6 Å². The van der Waals surface area contributed by atoms with Gasteiger partial charge in [-0.25, -0.2) is 4.99 Å². The minimum Gasteiger partial charge on any atom is -0.370 e. The summed E-state index contributed by atoms with van der Waals surface area (Å²) in [5, 5.41) is 3.21. The van der Waals surface area contributed by atoms with Crippen molar-refractivity contribution in [3.63, 3.8) is 0 Å². The molecule has 0 spiro atoms. The number of hydrogen-bond donors (Lipinski definition) is 2. The van der Waals surface area contributed by atoms with Crippen LogP contribution in [0.3, 0.4) is 0 Å². The third-order valence-corrected chi connectivity index (χ3v) is 3.76. The highest BCUT2D eigenvalue weighted by molar-refractivity contribution is 14.0. The zero-order valence-corrected chi connectivity index (χ0v) is 14.4. The highest BCUT2D eigenvalue weighted by Gasteiger charge is 2.14. The van der Waals surface area contributed by atoms with E-state index in [1.54, 1.807) is 11.6 Å². The summed E-state index contributed by atoms with van der Waals surface area (Å²) in [5.74, 6) is 0.439. The maximum absolute atomic E-state index is 12.0. The van der Waals surface area contributed by atoms with E-state index >= 15 is 0 Å². The predicted octanol–water partition coefficient (Wildman–Crippen LogP) is 1.66. The summed E-state index contributed by atoms with van der Waals surface area (Å²) in [6.45, 7) is 2.24. The fourth-order valence-corrected chi connectivity index (χ4v) is 2.40. The van der Waals surface area contributed by atoms with E-state index in [1.807, 2.05) is 19.1 Å². The van der Waals surface area contributed by atoms with E-state index in [9.17, 15) is 4.79 Å². The van der Waals surface area contributed by atoms with Crippen LogP contribution in [0.15, 0.2) is 21.9 Å². The Labute approximate surface area is 136 Å². The molecule has 2 rings (SSSR count). The first-order chi connectivity index (χ1) is 9.08. The van der Waals surface area contributed by atoms with Gasteiger partial charge in [0.2, 0.25) is 0 Å². The molecule has 3 N–H and O–H groups in total. The first-order valence-electron chi connectivity index (χ1n) is 6.80. The minimum absolute atomic E-state index is 0. The average Bonchev–Trinajstić information content (AvgIpc) is 2.88. The zero-order chi connectivity index (χ0) is 13.8. The van der Waals surface area contributed by atoms with Crippen LogP contribution in [0, 0.1) is 6.92 Å². The van der Waals surface area contributed by atoms with E-state index in [2.05, 4.69) is 10.3 Å². The van der Waals surface area contributed by atoms with Crippen LogP contribution in [0.5, 0.6) is 0 Å². The summed E-state index contributed by atoms with van der Waals surface area (Å²) < 4.78 is 1.63. The van der Waals surface area contributed by atoms with Crippen LogP contribution >= 0.6 is 24.0 Å². The van der Waals surface area contributed by atoms with Crippen molar-refractivity contribution in [2.75, 3.05) is 0 Å². The second-order valence-electron chi connectivity index (χ2n) is 5.19. The van der Waals surface area contributed by atoms with Crippen LogP contribution in [0.1, 0.15) is 36.9 Å². The molecule has 1 aliphatic carbocycles. The SMILES string of the molecule is Cc1ccc(CN=C(N)NC2CCCC2)c(=O)n1C.I. The van der Waals surface area contributed by atoms with Gasteiger partial charge in [-0.05, 0) is 31.9 Å². The number of halogens is 1. The molecule has 0 radical (unpaired) electrons. The normalized spacial score (nSPS) is 16.0. The van der Waals surface area contributed by atoms with Gasteiger partial charge < -0.3 is 15.6 Å². The molecular formula is C14H23IN4O. The van der Waals surface area contributed by atoms with Crippen LogP contribution in [0.25, 0.3) is 0 Å². The standard InChI is InChI=1S/C14H22N4O.HI/c1-10-7-8-11(13(19)18(10)2)9-16-14(15)17-12-5-3-4-6-12;/h7-8,12H,3-6,9H2,1-2H3,(H3,15,16,17);1H. The van der Waals surface area contributed by atoms with Crippen LogP contribution in [0.2, 0.25) is 0 Å². The zero-order valence-electron chi connectivity index (χ0n) is 12.1. The summed E-state index contributed by atoms with van der Waals surface area (Å²) in [6.07, 6.45) is 4.82. The average molecular weight is 390 g/mol. The Balaban J connectivity index is 0.00000200. The molecule has 1 aromatic heterocycles. The van der Waals surface area contributed by atoms with Gasteiger partial charge in [0.15, 0.2) is 5.96 Å². The van der Waals surface area contributed by atoms with Gasteiger partial charge in [0.05, 0.1) is 6.54 Å². The summed E-state index contributed by atoms with van der Waals surface area (Å²) in [7, 11) is 1.77. The lowest BCUT2D eigenvalue weighted by molar-refractivity contribution is 0.625. The van der Waals surface area contributed by atoms with Crippen molar-refractivity contribution in [2.24, 2.45) is 17.8 Å². The Bertz CT molecular complexity index is 532. The lowest BCUT2D eigenvalue weighted by Gasteiger charge is -2.12. The van der Waals surface area contributed by atoms with Crippen molar-refractivity contribution in [2.45, 2.75) is 45.2 Å². The van der Waals surface area contributed by atoms with Gasteiger partial charge in [-0.3, -0.25) is 4.79 Å². The Morgan fingerprint density at radius 3 is 2.75 bits per heavy atom. The highest BCUT2D eigenvalue weighted by Crippen LogP contribution is 2.17. The van der Waals surface area contributed by atoms with E-state index in [1.165, 1.54) is 12.8 Å². The van der Waals surface area contributed by atoms with Gasteiger partial charge >= 0.3 is 0 Å². The molecule has 5 nitrogen and oxygen atoms in total. The molecule has 20 heavy (non-hydrogen) atoms. The molecule has 1 fully saturated rings. The molecule has 1 saturated carbocycles. The molecule has 0 unspecified atom stereocenters. The van der Waals surface area contributed by atoms with Crippen LogP contribution < -0.4 is 16.6 Å². The summed E-state index contributed by atoms with van der Waals surface area (Å²) in [4.78, 5) is 16.2. The number of rotatable bonds is 3. The fraction of sp³-hybridized carbons (Fsp3) is 0.571. The number of aryl methyl sites for hydroxylation is 1. The first-order valence-corrected chi connectivity index (χ1v) is 6.80. The summed E-state index contributed by atoms with van der Waals surface area (Å²) in [6, 6.07) is 4.20. The summed E-state index contributed by atoms with van der Waals surface area (Å²) >= 11 is 0. The molecule has 1 aromatic rings. The van der Waals surface area contributed by atoms with Crippen LogP contribution in [-0.2, 0) is 13.6 Å². The molecule has 112 valence electrons. The van der Waals surface area contributed by atoms with E-state index in [-0.39, 0.29) is 29.5 Å². The quantitative estimate of drug-likeness (QED) is 0.469. The molecule has 0 amide bonds. The number of pyridine rings is 1. The predicted molar refractivity (Wildman–Crippen MR) is 92.6 cm³/mol. The lowest BCUT2D eigenvalue weighted by atomic mass is 10.2. The number of nitrogens with two attached hydrogens (primary N) is 1. The van der Waals surface area contributed by atoms with E-state index in [4.69, 9.17) is 5.73 Å². The van der Waals surface area contributed by atoms with Crippen molar-refractivity contribution in [3.05, 3.63) is 33.7 Å². The largest absolute Gasteiger partial charge is 0.370 e. The molecule has 0 aromatic carbocycles. The van der Waals surface area contributed by atoms with Gasteiger partial charge in [0.1, 0.15) is 0 Å². The van der Waals surface area contributed by atoms with Gasteiger partial charge in [-0.1, -0.05) is 12.8 Å². The maximum atomic E-state index is 12.0. The minimum atomic E-state index is -0.00239. The van der Waals surface area contributed by atoms with Crippen molar-refractivity contribution in [1.29, 1.82) is 0 Å². The van der Waals surface area contributed by atoms with Gasteiger partial charge in [0.25, 0.3) is 5.56 Å². The van der Waals surface area contributed by atoms with Crippen molar-refractivity contribution in [3.8, 4) is 0 Å². The summed E-state index contributed by atoms with van der Waals surface area (Å²) in [5.41, 5.74) is 7.46. The molecule has 6 heteroatoms. The number of aromatic nitrogens is 1. The molecule has 1 heterocycles. The molecule has 0 saturated heterocycles. The van der Waals surface area contributed by atoms with Gasteiger partial charge in [-0.15, -0.1) is 24.0 Å². The topological polar surface area (TPSA) is 72.4 Å². The van der Waals surface area contributed by atoms with Gasteiger partial charge in [0, 0.05) is 24.3 Å². The molecule has 1 aliphatic rings. The highest BCUT2D eigenvalue weighted by atomic mass is 127. The fourth-order valence-electron chi connectivity index (χ4n) is 2.40. The third kappa shape index (κ3) is 4.22. The number of aliphatic imine (C=N–C) groups is 1. The number of hydrogen-bond acceptors (Lipinski definition) is 2. The molecular weight excluding hydrogens is 367 g/mol. The maximum Gasteiger partial charge on any atom is 0.255 e. The number of nitrogens with one attached hydrogen (secondary N) is 1. The van der Waals surface area contributed by atoms with Gasteiger partial charge in [-0.2, -0.15) is 0 Å². The second kappa shape index (κ2) is 7.66. The van der Waals surface area contributed by atoms with Crippen LogP contribution in [0.4, 0.5) is 0 Å². The second-order valence-corrected chi connectivity index (χ2v) is 5.19. The van der Waals surface area contributed by atoms with Crippen molar-refractivity contribution < 1.29 is 0 Å². The lowest BCUT2D eigenvalue weighted by Crippen LogP contribution is -2.38. The first kappa shape index (κ1) is 17.0. The van der Waals surface area contributed by atoms with Crippen molar-refractivity contribution in [1.82, 2.24) is 9.88 Å². The Kier molecular flexibility index (Phi) is 6.51. The molecule has 0 bridgehead atoms. The van der Waals surface area contributed by atoms with E-state index in [0.29, 0.717) is 24.1 Å². The molecule has 0 atom stereocenters. The van der Waals surface area contributed by atoms with Crippen molar-refractivity contribution >= 4 is 29.9 Å². The van der Waals surface area contributed by atoms with E-state index < -0.39 is 0 Å². The Morgan fingerprint density at radius 2 is 2.10 bits per heavy atom. The number of nitrogens with zero attached hydrogens (tertiary/aromatic N) is 2. The Hall–Kier alpha value is -1.05. The number of guanidine groups is 1. The third-order valence-electron chi connectivity index (χ3n) is 3.76. The molecule has 0 aliphatic heterocycles. The monoisotopic (exact) mass is 390 g/mol. The Morgan fingerprint density at radius 1 is 1.45 bits per heavy atom. The van der Waals surface area contributed by atoms with E-state index in [0.717, 1.165) is 18.5 Å². The smallest absolute Gasteiger partial charge is 0.255 e.